The van der Waals surface area contributed by atoms with Gasteiger partial charge in [-0.2, -0.15) is 0 Å². The molecule has 30 heavy (non-hydrogen) atoms. The molecule has 0 spiro atoms. The van der Waals surface area contributed by atoms with Crippen LogP contribution in [0.25, 0.3) is 0 Å². The van der Waals surface area contributed by atoms with E-state index in [1.807, 2.05) is 45.0 Å². The predicted molar refractivity (Wildman–Crippen MR) is 130 cm³/mol. The first-order valence-corrected chi connectivity index (χ1v) is 9.75. The van der Waals surface area contributed by atoms with Crippen molar-refractivity contribution in [1.29, 1.82) is 0 Å². The molecule has 0 aliphatic heterocycles. The molecule has 0 saturated heterocycles. The molecule has 4 N–H and O–H groups in total. The molecule has 0 amide bonds. The van der Waals surface area contributed by atoms with E-state index >= 15 is 0 Å². The summed E-state index contributed by atoms with van der Waals surface area (Å²) in [7, 11) is 1.58. The Balaban J connectivity index is 0.00000450. The van der Waals surface area contributed by atoms with Crippen molar-refractivity contribution in [1.82, 2.24) is 10.6 Å². The van der Waals surface area contributed by atoms with E-state index in [1.54, 1.807) is 25.3 Å². The van der Waals surface area contributed by atoms with Crippen LogP contribution >= 0.6 is 24.0 Å². The second kappa shape index (κ2) is 13.2. The summed E-state index contributed by atoms with van der Waals surface area (Å²) < 4.78 is 10.8. The number of benzene rings is 2. The Kier molecular flexibility index (Phi) is 11.3. The SMILES string of the molecule is CCNC(=NCc1cc(OC)ccc1O)NCC(O)c1ccc(OC(C)C)cc1.I. The zero-order valence-electron chi connectivity index (χ0n) is 17.9. The number of aliphatic imine (C=N–C) groups is 1. The molecule has 1 atom stereocenters. The van der Waals surface area contributed by atoms with Crippen LogP contribution in [-0.2, 0) is 6.54 Å². The van der Waals surface area contributed by atoms with E-state index in [0.29, 0.717) is 30.4 Å². The highest BCUT2D eigenvalue weighted by molar-refractivity contribution is 14.0. The summed E-state index contributed by atoms with van der Waals surface area (Å²) in [4.78, 5) is 4.48. The number of rotatable bonds is 9. The van der Waals surface area contributed by atoms with Gasteiger partial charge in [0.25, 0.3) is 0 Å². The van der Waals surface area contributed by atoms with Crippen LogP contribution in [0.1, 0.15) is 38.0 Å². The van der Waals surface area contributed by atoms with Crippen LogP contribution in [0.3, 0.4) is 0 Å². The van der Waals surface area contributed by atoms with Crippen molar-refractivity contribution in [2.45, 2.75) is 39.5 Å². The highest BCUT2D eigenvalue weighted by atomic mass is 127. The topological polar surface area (TPSA) is 95.3 Å². The molecule has 0 aliphatic rings. The number of guanidine groups is 1. The fourth-order valence-corrected chi connectivity index (χ4v) is 2.67. The van der Waals surface area contributed by atoms with Gasteiger partial charge >= 0.3 is 0 Å². The van der Waals surface area contributed by atoms with E-state index in [4.69, 9.17) is 9.47 Å². The molecule has 2 rings (SSSR count). The molecule has 0 saturated carbocycles. The van der Waals surface area contributed by atoms with Gasteiger partial charge in [0.05, 0.1) is 25.9 Å². The molecule has 0 bridgehead atoms. The number of phenolic OH excluding ortho intramolecular Hbond substituents is 1. The molecule has 2 aromatic carbocycles. The van der Waals surface area contributed by atoms with Gasteiger partial charge in [0.2, 0.25) is 0 Å². The van der Waals surface area contributed by atoms with Crippen LogP contribution in [0.15, 0.2) is 47.5 Å². The van der Waals surface area contributed by atoms with Crippen LogP contribution in [0, 0.1) is 0 Å². The standard InChI is InChI=1S/C22H31N3O4.HI/c1-5-23-22(24-13-17-12-19(28-4)10-11-20(17)26)25-14-21(27)16-6-8-18(9-7-16)29-15(2)3;/h6-12,15,21,26-27H,5,13-14H2,1-4H3,(H2,23,24,25);1H. The van der Waals surface area contributed by atoms with Gasteiger partial charge in [0, 0.05) is 18.7 Å². The Morgan fingerprint density at radius 2 is 1.73 bits per heavy atom. The average Bonchev–Trinajstić information content (AvgIpc) is 2.71. The number of hydrogen-bond donors (Lipinski definition) is 4. The van der Waals surface area contributed by atoms with E-state index in [-0.39, 0.29) is 42.4 Å². The maximum Gasteiger partial charge on any atom is 0.191 e. The van der Waals surface area contributed by atoms with Crippen molar-refractivity contribution < 1.29 is 19.7 Å². The van der Waals surface area contributed by atoms with E-state index in [2.05, 4.69) is 15.6 Å². The fraction of sp³-hybridized carbons (Fsp3) is 0.409. The number of aliphatic hydroxyl groups excluding tert-OH is 1. The third-order valence-corrected chi connectivity index (χ3v) is 4.14. The minimum atomic E-state index is -0.697. The molecule has 1 unspecified atom stereocenters. The highest BCUT2D eigenvalue weighted by Gasteiger charge is 2.10. The number of nitrogens with zero attached hydrogens (tertiary/aromatic N) is 1. The maximum absolute atomic E-state index is 10.5. The number of phenols is 1. The van der Waals surface area contributed by atoms with E-state index in [9.17, 15) is 10.2 Å². The Morgan fingerprint density at radius 1 is 1.07 bits per heavy atom. The monoisotopic (exact) mass is 529 g/mol. The highest BCUT2D eigenvalue weighted by Crippen LogP contribution is 2.23. The van der Waals surface area contributed by atoms with Gasteiger partial charge in [-0.05, 0) is 56.7 Å². The molecule has 8 heteroatoms. The summed E-state index contributed by atoms with van der Waals surface area (Å²) in [6.07, 6.45) is -0.590. The summed E-state index contributed by atoms with van der Waals surface area (Å²) in [5.74, 6) is 2.14. The summed E-state index contributed by atoms with van der Waals surface area (Å²) in [6, 6.07) is 12.4. The largest absolute Gasteiger partial charge is 0.508 e. The Morgan fingerprint density at radius 3 is 2.33 bits per heavy atom. The van der Waals surface area contributed by atoms with Crippen LogP contribution < -0.4 is 20.1 Å². The molecule has 0 heterocycles. The first kappa shape index (κ1) is 25.8. The van der Waals surface area contributed by atoms with Gasteiger partial charge in [0.1, 0.15) is 17.2 Å². The van der Waals surface area contributed by atoms with Crippen LogP contribution in [0.2, 0.25) is 0 Å². The number of aliphatic hydroxyl groups is 1. The van der Waals surface area contributed by atoms with Gasteiger partial charge in [-0.15, -0.1) is 24.0 Å². The Hall–Kier alpha value is -2.20. The van der Waals surface area contributed by atoms with Crippen molar-refractivity contribution in [3.8, 4) is 17.2 Å². The third kappa shape index (κ3) is 8.27. The predicted octanol–water partition coefficient (Wildman–Crippen LogP) is 3.59. The number of halogens is 1. The molecular formula is C22H32IN3O4. The van der Waals surface area contributed by atoms with Gasteiger partial charge in [0.15, 0.2) is 5.96 Å². The van der Waals surface area contributed by atoms with Crippen LogP contribution in [-0.4, -0.2) is 42.5 Å². The maximum atomic E-state index is 10.5. The summed E-state index contributed by atoms with van der Waals surface area (Å²) in [5, 5.41) is 26.7. The smallest absolute Gasteiger partial charge is 0.191 e. The van der Waals surface area contributed by atoms with Crippen molar-refractivity contribution in [3.05, 3.63) is 53.6 Å². The molecule has 0 fully saturated rings. The first-order valence-electron chi connectivity index (χ1n) is 9.75. The molecule has 0 aliphatic carbocycles. The van der Waals surface area contributed by atoms with Gasteiger partial charge in [-0.1, -0.05) is 12.1 Å². The zero-order valence-corrected chi connectivity index (χ0v) is 20.2. The molecule has 0 aromatic heterocycles. The minimum Gasteiger partial charge on any atom is -0.508 e. The lowest BCUT2D eigenvalue weighted by Crippen LogP contribution is -2.39. The van der Waals surface area contributed by atoms with Crippen LogP contribution in [0.5, 0.6) is 17.2 Å². The van der Waals surface area contributed by atoms with E-state index in [1.165, 1.54) is 0 Å². The summed E-state index contributed by atoms with van der Waals surface area (Å²) >= 11 is 0. The third-order valence-electron chi connectivity index (χ3n) is 4.14. The molecular weight excluding hydrogens is 497 g/mol. The van der Waals surface area contributed by atoms with Crippen molar-refractivity contribution >= 4 is 29.9 Å². The number of ether oxygens (including phenoxy) is 2. The van der Waals surface area contributed by atoms with Crippen molar-refractivity contribution in [2.24, 2.45) is 4.99 Å². The Bertz CT molecular complexity index is 797. The quantitative estimate of drug-likeness (QED) is 0.225. The fourth-order valence-electron chi connectivity index (χ4n) is 2.67. The number of aromatic hydroxyl groups is 1. The second-order valence-electron chi connectivity index (χ2n) is 6.82. The van der Waals surface area contributed by atoms with Gasteiger partial charge in [-0.3, -0.25) is 0 Å². The minimum absolute atomic E-state index is 0. The average molecular weight is 529 g/mol. The Labute approximate surface area is 195 Å². The zero-order chi connectivity index (χ0) is 21.2. The molecule has 166 valence electrons. The molecule has 7 nitrogen and oxygen atoms in total. The summed E-state index contributed by atoms with van der Waals surface area (Å²) in [6.45, 7) is 7.15. The van der Waals surface area contributed by atoms with Crippen LogP contribution in [0.4, 0.5) is 0 Å². The van der Waals surface area contributed by atoms with Gasteiger partial charge in [-0.25, -0.2) is 4.99 Å². The molecule has 0 radical (unpaired) electrons. The van der Waals surface area contributed by atoms with E-state index in [0.717, 1.165) is 11.3 Å². The molecule has 2 aromatic rings. The summed E-state index contributed by atoms with van der Waals surface area (Å²) in [5.41, 5.74) is 1.44. The lowest BCUT2D eigenvalue weighted by molar-refractivity contribution is 0.180. The van der Waals surface area contributed by atoms with Crippen molar-refractivity contribution in [3.63, 3.8) is 0 Å². The van der Waals surface area contributed by atoms with Gasteiger partial charge < -0.3 is 30.3 Å². The van der Waals surface area contributed by atoms with Crippen molar-refractivity contribution in [2.75, 3.05) is 20.2 Å². The normalized spacial score (nSPS) is 12.1. The first-order chi connectivity index (χ1) is 13.9. The lowest BCUT2D eigenvalue weighted by atomic mass is 10.1. The van der Waals surface area contributed by atoms with E-state index < -0.39 is 6.10 Å². The second-order valence-corrected chi connectivity index (χ2v) is 6.82. The number of nitrogens with one attached hydrogen (secondary N) is 2. The number of methoxy groups -OCH3 is 1. The lowest BCUT2D eigenvalue weighted by Gasteiger charge is -2.16. The number of hydrogen-bond acceptors (Lipinski definition) is 5.